The Hall–Kier alpha value is -2.20. The third kappa shape index (κ3) is 5.39. The summed E-state index contributed by atoms with van der Waals surface area (Å²) in [5.41, 5.74) is -0.185. The molecular formula is C17H26N4O5S. The maximum absolute atomic E-state index is 12.7. The summed E-state index contributed by atoms with van der Waals surface area (Å²) in [5.74, 6) is 0.277. The fraction of sp³-hybridized carbons (Fsp3) is 0.588. The second kappa shape index (κ2) is 8.66. The summed E-state index contributed by atoms with van der Waals surface area (Å²) in [5, 5.41) is 13.9. The van der Waals surface area contributed by atoms with Gasteiger partial charge in [0.1, 0.15) is 5.69 Å². The van der Waals surface area contributed by atoms with Gasteiger partial charge in [-0.25, -0.2) is 13.1 Å². The van der Waals surface area contributed by atoms with Crippen molar-refractivity contribution in [3.63, 3.8) is 0 Å². The van der Waals surface area contributed by atoms with Crippen molar-refractivity contribution >= 4 is 27.3 Å². The van der Waals surface area contributed by atoms with Crippen molar-refractivity contribution in [3.8, 4) is 0 Å². The van der Waals surface area contributed by atoms with Crippen LogP contribution in [0.3, 0.4) is 0 Å². The predicted molar refractivity (Wildman–Crippen MR) is 102 cm³/mol. The van der Waals surface area contributed by atoms with Gasteiger partial charge in [-0.2, -0.15) is 0 Å². The van der Waals surface area contributed by atoms with Gasteiger partial charge in [0.15, 0.2) is 0 Å². The second-order valence-corrected chi connectivity index (χ2v) is 8.73. The van der Waals surface area contributed by atoms with Crippen LogP contribution >= 0.6 is 0 Å². The summed E-state index contributed by atoms with van der Waals surface area (Å²) in [6.07, 6.45) is 3.43. The Kier molecular flexibility index (Phi) is 6.77. The molecule has 27 heavy (non-hydrogen) atoms. The molecule has 1 amide bonds. The number of carbonyl (C=O) groups excluding carboxylic acids is 1. The average Bonchev–Trinajstić information content (AvgIpc) is 2.62. The van der Waals surface area contributed by atoms with Gasteiger partial charge in [-0.15, -0.1) is 0 Å². The summed E-state index contributed by atoms with van der Waals surface area (Å²) in [4.78, 5) is 23.6. The number of anilines is 1. The van der Waals surface area contributed by atoms with Gasteiger partial charge in [-0.05, 0) is 43.7 Å². The van der Waals surface area contributed by atoms with E-state index in [2.05, 4.69) is 17.0 Å². The Balaban J connectivity index is 2.26. The maximum Gasteiger partial charge on any atom is 0.293 e. The quantitative estimate of drug-likeness (QED) is 0.532. The Morgan fingerprint density at radius 3 is 2.48 bits per heavy atom. The van der Waals surface area contributed by atoms with E-state index in [0.717, 1.165) is 31.7 Å². The first kappa shape index (κ1) is 21.1. The number of nitrogens with one attached hydrogen (secondary N) is 2. The lowest BCUT2D eigenvalue weighted by atomic mass is 9.88. The Morgan fingerprint density at radius 2 is 1.93 bits per heavy atom. The van der Waals surface area contributed by atoms with Crippen LogP contribution in [0.2, 0.25) is 0 Å². The third-order valence-corrected chi connectivity index (χ3v) is 6.38. The SMILES string of the molecule is CNC(=O)CN(C)c1ccc(S(=O)(=O)NC2CCC(C)CC2)cc1[N+](=O)[O-]. The van der Waals surface area contributed by atoms with E-state index in [9.17, 15) is 23.3 Å². The first-order valence-corrected chi connectivity index (χ1v) is 10.3. The Labute approximate surface area is 159 Å². The Bertz CT molecular complexity index is 804. The normalized spacial score (nSPS) is 20.1. The number of nitrogens with zero attached hydrogens (tertiary/aromatic N) is 2. The molecule has 0 heterocycles. The van der Waals surface area contributed by atoms with E-state index in [4.69, 9.17) is 0 Å². The van der Waals surface area contributed by atoms with Gasteiger partial charge < -0.3 is 10.2 Å². The number of likely N-dealkylation sites (N-methyl/N-ethyl adjacent to an activating group) is 2. The van der Waals surface area contributed by atoms with Crippen LogP contribution in [0.4, 0.5) is 11.4 Å². The lowest BCUT2D eigenvalue weighted by molar-refractivity contribution is -0.384. The largest absolute Gasteiger partial charge is 0.360 e. The molecule has 0 radical (unpaired) electrons. The number of rotatable bonds is 7. The van der Waals surface area contributed by atoms with Crippen molar-refractivity contribution < 1.29 is 18.1 Å². The molecule has 2 N–H and O–H groups in total. The van der Waals surface area contributed by atoms with Gasteiger partial charge in [-0.1, -0.05) is 6.92 Å². The number of amides is 1. The molecule has 1 fully saturated rings. The molecule has 10 heteroatoms. The molecule has 1 saturated carbocycles. The zero-order valence-corrected chi connectivity index (χ0v) is 16.6. The van der Waals surface area contributed by atoms with Crippen molar-refractivity contribution in [1.82, 2.24) is 10.0 Å². The van der Waals surface area contributed by atoms with E-state index >= 15 is 0 Å². The third-order valence-electron chi connectivity index (χ3n) is 4.86. The van der Waals surface area contributed by atoms with Crippen molar-refractivity contribution in [1.29, 1.82) is 0 Å². The molecule has 2 rings (SSSR count). The number of hydrogen-bond acceptors (Lipinski definition) is 6. The number of carbonyl (C=O) groups is 1. The van der Waals surface area contributed by atoms with Crippen LogP contribution in [0.5, 0.6) is 0 Å². The zero-order chi connectivity index (χ0) is 20.2. The summed E-state index contributed by atoms with van der Waals surface area (Å²) in [6.45, 7) is 2.06. The fourth-order valence-electron chi connectivity index (χ4n) is 3.18. The highest BCUT2D eigenvalue weighted by molar-refractivity contribution is 7.89. The minimum Gasteiger partial charge on any atom is -0.360 e. The predicted octanol–water partition coefficient (Wildman–Crippen LogP) is 1.63. The number of benzene rings is 1. The highest BCUT2D eigenvalue weighted by Crippen LogP contribution is 2.31. The summed E-state index contributed by atoms with van der Waals surface area (Å²) < 4.78 is 28.0. The molecule has 0 spiro atoms. The van der Waals surface area contributed by atoms with Crippen LogP contribution in [0.15, 0.2) is 23.1 Å². The van der Waals surface area contributed by atoms with Gasteiger partial charge in [0.2, 0.25) is 15.9 Å². The molecule has 1 aromatic rings. The van der Waals surface area contributed by atoms with E-state index in [1.165, 1.54) is 31.1 Å². The Morgan fingerprint density at radius 1 is 1.30 bits per heavy atom. The lowest BCUT2D eigenvalue weighted by Gasteiger charge is -2.26. The molecular weight excluding hydrogens is 372 g/mol. The first-order chi connectivity index (χ1) is 12.6. The summed E-state index contributed by atoms with van der Waals surface area (Å²) in [6, 6.07) is 3.58. The van der Waals surface area contributed by atoms with E-state index in [1.54, 1.807) is 0 Å². The second-order valence-electron chi connectivity index (χ2n) is 7.01. The fourth-order valence-corrected chi connectivity index (χ4v) is 4.51. The smallest absolute Gasteiger partial charge is 0.293 e. The molecule has 0 aliphatic heterocycles. The number of nitro groups is 1. The summed E-state index contributed by atoms with van der Waals surface area (Å²) in [7, 11) is -0.851. The minimum atomic E-state index is -3.86. The molecule has 1 aliphatic carbocycles. The molecule has 0 saturated heterocycles. The summed E-state index contributed by atoms with van der Waals surface area (Å²) >= 11 is 0. The molecule has 9 nitrogen and oxygen atoms in total. The highest BCUT2D eigenvalue weighted by Gasteiger charge is 2.27. The molecule has 1 aromatic carbocycles. The molecule has 0 aromatic heterocycles. The van der Waals surface area contributed by atoms with E-state index in [0.29, 0.717) is 5.92 Å². The van der Waals surface area contributed by atoms with Crippen molar-refractivity contribution in [2.75, 3.05) is 25.5 Å². The molecule has 1 aliphatic rings. The van der Waals surface area contributed by atoms with Crippen LogP contribution < -0.4 is 14.9 Å². The van der Waals surface area contributed by atoms with Gasteiger partial charge in [0.25, 0.3) is 5.69 Å². The minimum absolute atomic E-state index is 0.0814. The van der Waals surface area contributed by atoms with E-state index in [1.807, 2.05) is 0 Å². The number of hydrogen-bond donors (Lipinski definition) is 2. The van der Waals surface area contributed by atoms with Crippen LogP contribution in [0.25, 0.3) is 0 Å². The lowest BCUT2D eigenvalue weighted by Crippen LogP contribution is -2.37. The van der Waals surface area contributed by atoms with E-state index in [-0.39, 0.29) is 34.8 Å². The first-order valence-electron chi connectivity index (χ1n) is 8.86. The molecule has 0 unspecified atom stereocenters. The standard InChI is InChI=1S/C17H26N4O5S/c1-12-4-6-13(7-5-12)19-27(25,26)14-8-9-15(16(10-14)21(23)24)20(3)11-17(22)18-2/h8-10,12-13,19H,4-7,11H2,1-3H3,(H,18,22). The van der Waals surface area contributed by atoms with Crippen molar-refractivity contribution in [3.05, 3.63) is 28.3 Å². The highest BCUT2D eigenvalue weighted by atomic mass is 32.2. The van der Waals surface area contributed by atoms with Crippen molar-refractivity contribution in [2.24, 2.45) is 5.92 Å². The van der Waals surface area contributed by atoms with Crippen LogP contribution in [0.1, 0.15) is 32.6 Å². The van der Waals surface area contributed by atoms with Gasteiger partial charge >= 0.3 is 0 Å². The molecule has 0 bridgehead atoms. The molecule has 150 valence electrons. The zero-order valence-electron chi connectivity index (χ0n) is 15.8. The number of sulfonamides is 1. The van der Waals surface area contributed by atoms with Gasteiger partial charge in [0.05, 0.1) is 16.4 Å². The van der Waals surface area contributed by atoms with Gasteiger partial charge in [0, 0.05) is 26.2 Å². The molecule has 0 atom stereocenters. The van der Waals surface area contributed by atoms with Gasteiger partial charge in [-0.3, -0.25) is 14.9 Å². The van der Waals surface area contributed by atoms with E-state index < -0.39 is 14.9 Å². The average molecular weight is 398 g/mol. The van der Waals surface area contributed by atoms with Crippen molar-refractivity contribution in [2.45, 2.75) is 43.5 Å². The van der Waals surface area contributed by atoms with Crippen LogP contribution in [-0.2, 0) is 14.8 Å². The van der Waals surface area contributed by atoms with Crippen LogP contribution in [-0.4, -0.2) is 45.9 Å². The monoisotopic (exact) mass is 398 g/mol. The maximum atomic E-state index is 12.7. The topological polar surface area (TPSA) is 122 Å². The number of nitro benzene ring substituents is 1. The van der Waals surface area contributed by atoms with Crippen LogP contribution in [0, 0.1) is 16.0 Å².